The fraction of sp³-hybridized carbons (Fsp3) is 0.300. The number of hydrogen-bond donors (Lipinski definition) is 1. The molecule has 0 aliphatic rings. The number of ether oxygens (including phenoxy) is 1. The minimum absolute atomic E-state index is 0.149. The van der Waals surface area contributed by atoms with Crippen LogP contribution in [0.4, 0.5) is 4.39 Å². The first kappa shape index (κ1) is 12.0. The fourth-order valence-corrected chi connectivity index (χ4v) is 1.12. The second kappa shape index (κ2) is 5.11. The Kier molecular flexibility index (Phi) is 4.08. The van der Waals surface area contributed by atoms with Crippen molar-refractivity contribution in [1.82, 2.24) is 0 Å². The molecule has 2 N–H and O–H groups in total. The molecule has 1 unspecified atom stereocenters. The summed E-state index contributed by atoms with van der Waals surface area (Å²) >= 11 is 3.03. The van der Waals surface area contributed by atoms with E-state index in [1.807, 2.05) is 0 Å². The van der Waals surface area contributed by atoms with Gasteiger partial charge in [0.15, 0.2) is 0 Å². The van der Waals surface area contributed by atoms with Gasteiger partial charge in [-0.3, -0.25) is 4.79 Å². The zero-order valence-electron chi connectivity index (χ0n) is 8.17. The van der Waals surface area contributed by atoms with Gasteiger partial charge in [0.2, 0.25) is 5.91 Å². The maximum absolute atomic E-state index is 13.0. The lowest BCUT2D eigenvalue weighted by molar-refractivity contribution is -0.122. The molecular formula is C10H11BrFNO2. The molecule has 1 aromatic rings. The van der Waals surface area contributed by atoms with Gasteiger partial charge in [0, 0.05) is 6.07 Å². The van der Waals surface area contributed by atoms with Crippen LogP contribution in [0.3, 0.4) is 0 Å². The van der Waals surface area contributed by atoms with Crippen molar-refractivity contribution in [3.63, 3.8) is 0 Å². The van der Waals surface area contributed by atoms with Gasteiger partial charge in [-0.2, -0.15) is 0 Å². The first-order valence-electron chi connectivity index (χ1n) is 4.38. The van der Waals surface area contributed by atoms with E-state index >= 15 is 0 Å². The Morgan fingerprint density at radius 3 is 2.87 bits per heavy atom. The lowest BCUT2D eigenvalue weighted by Crippen LogP contribution is -2.25. The van der Waals surface area contributed by atoms with Crippen LogP contribution in [0.15, 0.2) is 22.7 Å². The molecule has 0 saturated heterocycles. The standard InChI is InChI=1S/C10H11BrFNO2/c1-6(10(13)14)5-15-7-2-3-8(11)9(12)4-7/h2-4,6H,5H2,1H3,(H2,13,14). The number of carbonyl (C=O) groups is 1. The Bertz CT molecular complexity index is 370. The van der Waals surface area contributed by atoms with Gasteiger partial charge in [-0.05, 0) is 28.1 Å². The van der Waals surface area contributed by atoms with Crippen LogP contribution in [0.25, 0.3) is 0 Å². The van der Waals surface area contributed by atoms with E-state index in [4.69, 9.17) is 10.5 Å². The van der Waals surface area contributed by atoms with Crippen molar-refractivity contribution < 1.29 is 13.9 Å². The van der Waals surface area contributed by atoms with Crippen molar-refractivity contribution in [3.8, 4) is 5.75 Å². The Labute approximate surface area is 95.5 Å². The first-order valence-corrected chi connectivity index (χ1v) is 5.17. The number of carbonyl (C=O) groups excluding carboxylic acids is 1. The van der Waals surface area contributed by atoms with Gasteiger partial charge < -0.3 is 10.5 Å². The van der Waals surface area contributed by atoms with Crippen LogP contribution < -0.4 is 10.5 Å². The van der Waals surface area contributed by atoms with Crippen LogP contribution in [0.5, 0.6) is 5.75 Å². The maximum Gasteiger partial charge on any atom is 0.223 e. The molecule has 1 atom stereocenters. The van der Waals surface area contributed by atoms with Crippen LogP contribution in [0.1, 0.15) is 6.92 Å². The number of benzene rings is 1. The van der Waals surface area contributed by atoms with Crippen LogP contribution in [-0.4, -0.2) is 12.5 Å². The van der Waals surface area contributed by atoms with E-state index in [2.05, 4.69) is 15.9 Å². The molecule has 1 aromatic carbocycles. The highest BCUT2D eigenvalue weighted by Crippen LogP contribution is 2.21. The van der Waals surface area contributed by atoms with Gasteiger partial charge in [0.05, 0.1) is 17.0 Å². The number of amides is 1. The fourth-order valence-electron chi connectivity index (χ4n) is 0.870. The lowest BCUT2D eigenvalue weighted by Gasteiger charge is -2.10. The molecule has 0 bridgehead atoms. The zero-order chi connectivity index (χ0) is 11.4. The van der Waals surface area contributed by atoms with E-state index in [9.17, 15) is 9.18 Å². The number of primary amides is 1. The molecule has 1 amide bonds. The van der Waals surface area contributed by atoms with Gasteiger partial charge >= 0.3 is 0 Å². The topological polar surface area (TPSA) is 52.3 Å². The molecule has 0 fully saturated rings. The predicted octanol–water partition coefficient (Wildman–Crippen LogP) is 2.09. The van der Waals surface area contributed by atoms with E-state index in [-0.39, 0.29) is 6.61 Å². The normalized spacial score (nSPS) is 12.2. The van der Waals surface area contributed by atoms with Crippen LogP contribution in [0, 0.1) is 11.7 Å². The Morgan fingerprint density at radius 1 is 1.67 bits per heavy atom. The third-order valence-electron chi connectivity index (χ3n) is 1.88. The molecule has 0 radical (unpaired) electrons. The monoisotopic (exact) mass is 275 g/mol. The maximum atomic E-state index is 13.0. The highest BCUT2D eigenvalue weighted by molar-refractivity contribution is 9.10. The Hall–Kier alpha value is -1.10. The van der Waals surface area contributed by atoms with Crippen molar-refractivity contribution in [2.24, 2.45) is 11.7 Å². The molecule has 15 heavy (non-hydrogen) atoms. The Morgan fingerprint density at radius 2 is 2.33 bits per heavy atom. The SMILES string of the molecule is CC(COc1ccc(Br)c(F)c1)C(N)=O. The van der Waals surface area contributed by atoms with Crippen LogP contribution in [0.2, 0.25) is 0 Å². The lowest BCUT2D eigenvalue weighted by atomic mass is 10.2. The average molecular weight is 276 g/mol. The van der Waals surface area contributed by atoms with Crippen LogP contribution >= 0.6 is 15.9 Å². The number of halogens is 2. The highest BCUT2D eigenvalue weighted by atomic mass is 79.9. The quantitative estimate of drug-likeness (QED) is 0.915. The summed E-state index contributed by atoms with van der Waals surface area (Å²) in [5, 5.41) is 0. The predicted molar refractivity (Wildman–Crippen MR) is 58.0 cm³/mol. The van der Waals surface area contributed by atoms with E-state index in [0.717, 1.165) is 0 Å². The van der Waals surface area contributed by atoms with Crippen molar-refractivity contribution in [2.45, 2.75) is 6.92 Å². The molecule has 0 heterocycles. The molecular weight excluding hydrogens is 265 g/mol. The third-order valence-corrected chi connectivity index (χ3v) is 2.52. The third kappa shape index (κ3) is 3.51. The molecule has 1 rings (SSSR count). The second-order valence-electron chi connectivity index (χ2n) is 3.19. The summed E-state index contributed by atoms with van der Waals surface area (Å²) in [4.78, 5) is 10.7. The van der Waals surface area contributed by atoms with E-state index < -0.39 is 17.6 Å². The highest BCUT2D eigenvalue weighted by Gasteiger charge is 2.09. The Balaban J connectivity index is 2.58. The molecule has 0 spiro atoms. The molecule has 5 heteroatoms. The number of rotatable bonds is 4. The van der Waals surface area contributed by atoms with E-state index in [1.54, 1.807) is 19.1 Å². The number of hydrogen-bond acceptors (Lipinski definition) is 2. The van der Waals surface area contributed by atoms with Crippen molar-refractivity contribution >= 4 is 21.8 Å². The average Bonchev–Trinajstić information content (AvgIpc) is 2.19. The molecule has 3 nitrogen and oxygen atoms in total. The molecule has 0 aromatic heterocycles. The summed E-state index contributed by atoms with van der Waals surface area (Å²) in [5.41, 5.74) is 5.05. The molecule has 0 aliphatic carbocycles. The van der Waals surface area contributed by atoms with Gasteiger partial charge in [-0.25, -0.2) is 4.39 Å². The summed E-state index contributed by atoms with van der Waals surface area (Å²) in [6.07, 6.45) is 0. The summed E-state index contributed by atoms with van der Waals surface area (Å²) in [6, 6.07) is 4.40. The molecule has 82 valence electrons. The summed E-state index contributed by atoms with van der Waals surface area (Å²) in [7, 11) is 0. The van der Waals surface area contributed by atoms with Crippen LogP contribution in [-0.2, 0) is 4.79 Å². The van der Waals surface area contributed by atoms with E-state index in [0.29, 0.717) is 10.2 Å². The minimum atomic E-state index is -0.437. The van der Waals surface area contributed by atoms with E-state index in [1.165, 1.54) is 6.07 Å². The van der Waals surface area contributed by atoms with Gasteiger partial charge in [0.1, 0.15) is 11.6 Å². The summed E-state index contributed by atoms with van der Waals surface area (Å²) in [5.74, 6) is -0.854. The van der Waals surface area contributed by atoms with Gasteiger partial charge in [0.25, 0.3) is 0 Å². The molecule has 0 saturated carbocycles. The first-order chi connectivity index (χ1) is 7.00. The zero-order valence-corrected chi connectivity index (χ0v) is 9.75. The second-order valence-corrected chi connectivity index (χ2v) is 4.04. The molecule has 0 aliphatic heterocycles. The minimum Gasteiger partial charge on any atom is -0.493 e. The van der Waals surface area contributed by atoms with Gasteiger partial charge in [-0.15, -0.1) is 0 Å². The summed E-state index contributed by atoms with van der Waals surface area (Å²) in [6.45, 7) is 1.80. The van der Waals surface area contributed by atoms with Crippen molar-refractivity contribution in [3.05, 3.63) is 28.5 Å². The van der Waals surface area contributed by atoms with Crippen molar-refractivity contribution in [1.29, 1.82) is 0 Å². The summed E-state index contributed by atoms with van der Waals surface area (Å²) < 4.78 is 18.6. The van der Waals surface area contributed by atoms with Gasteiger partial charge in [-0.1, -0.05) is 6.92 Å². The number of nitrogens with two attached hydrogens (primary N) is 1. The van der Waals surface area contributed by atoms with Crippen molar-refractivity contribution in [2.75, 3.05) is 6.61 Å². The largest absolute Gasteiger partial charge is 0.493 e. The smallest absolute Gasteiger partial charge is 0.223 e.